The molecule has 1 N–H and O–H groups in total. The van der Waals surface area contributed by atoms with Gasteiger partial charge in [0.2, 0.25) is 5.91 Å². The molecule has 0 unspecified atom stereocenters. The molecule has 3 amide bonds. The maximum atomic E-state index is 14.0. The summed E-state index contributed by atoms with van der Waals surface area (Å²) >= 11 is 0. The Balaban J connectivity index is 1.75. The van der Waals surface area contributed by atoms with Gasteiger partial charge in [-0.15, -0.1) is 0 Å². The number of anilines is 1. The average Bonchev–Trinajstić information content (AvgIpc) is 3.19. The van der Waals surface area contributed by atoms with Crippen LogP contribution in [-0.2, 0) is 24.9 Å². The molecule has 2 aromatic carbocycles. The Bertz CT molecular complexity index is 1040. The summed E-state index contributed by atoms with van der Waals surface area (Å²) in [6, 6.07) is 19.1. The molecular weight excluding hydrogens is 407 g/mol. The first-order valence-corrected chi connectivity index (χ1v) is 10.7. The molecule has 1 heterocycles. The van der Waals surface area contributed by atoms with Crippen LogP contribution in [0.4, 0.5) is 14.9 Å². The monoisotopic (exact) mass is 436 g/mol. The van der Waals surface area contributed by atoms with Gasteiger partial charge in [-0.2, -0.15) is 0 Å². The van der Waals surface area contributed by atoms with Crippen LogP contribution in [0.2, 0.25) is 0 Å². The van der Waals surface area contributed by atoms with Gasteiger partial charge in [-0.05, 0) is 36.2 Å². The van der Waals surface area contributed by atoms with Crippen LogP contribution >= 0.6 is 0 Å². The Hall–Kier alpha value is -3.61. The van der Waals surface area contributed by atoms with E-state index in [1.807, 2.05) is 67.2 Å². The van der Waals surface area contributed by atoms with Gasteiger partial charge in [0.05, 0.1) is 12.2 Å². The van der Waals surface area contributed by atoms with Crippen molar-refractivity contribution < 1.29 is 14.0 Å². The van der Waals surface area contributed by atoms with E-state index in [4.69, 9.17) is 0 Å². The fourth-order valence-corrected chi connectivity index (χ4v) is 3.43. The van der Waals surface area contributed by atoms with Crippen molar-refractivity contribution in [2.45, 2.75) is 26.4 Å². The molecule has 0 aliphatic heterocycles. The second-order valence-corrected chi connectivity index (χ2v) is 7.68. The lowest BCUT2D eigenvalue weighted by atomic mass is 10.2. The molecule has 0 atom stereocenters. The summed E-state index contributed by atoms with van der Waals surface area (Å²) in [5.41, 5.74) is 2.09. The molecule has 0 aliphatic rings. The SMILES string of the molecule is CCCN(CC(=O)N(Cc1ccccc1)Cc1cccn1C)C(=O)Nc1ccccc1F. The molecule has 0 spiro atoms. The smallest absolute Gasteiger partial charge is 0.322 e. The molecule has 1 aromatic heterocycles. The van der Waals surface area contributed by atoms with Crippen LogP contribution in [0, 0.1) is 5.82 Å². The number of benzene rings is 2. The molecule has 0 saturated carbocycles. The minimum atomic E-state index is -0.516. The lowest BCUT2D eigenvalue weighted by Gasteiger charge is -2.28. The zero-order valence-electron chi connectivity index (χ0n) is 18.5. The van der Waals surface area contributed by atoms with Crippen molar-refractivity contribution in [1.82, 2.24) is 14.4 Å². The zero-order chi connectivity index (χ0) is 22.9. The van der Waals surface area contributed by atoms with Crippen LogP contribution in [0.15, 0.2) is 72.9 Å². The van der Waals surface area contributed by atoms with E-state index in [1.54, 1.807) is 17.0 Å². The van der Waals surface area contributed by atoms with Gasteiger partial charge in [0.15, 0.2) is 0 Å². The van der Waals surface area contributed by atoms with E-state index in [2.05, 4.69) is 5.32 Å². The molecule has 7 heteroatoms. The van der Waals surface area contributed by atoms with Gasteiger partial charge >= 0.3 is 6.03 Å². The Morgan fingerprint density at radius 3 is 2.31 bits per heavy atom. The predicted octanol–water partition coefficient (Wildman–Crippen LogP) is 4.64. The highest BCUT2D eigenvalue weighted by Gasteiger charge is 2.22. The van der Waals surface area contributed by atoms with Crippen molar-refractivity contribution in [3.63, 3.8) is 0 Å². The van der Waals surface area contributed by atoms with Crippen molar-refractivity contribution in [2.24, 2.45) is 7.05 Å². The molecule has 0 fully saturated rings. The van der Waals surface area contributed by atoms with Gasteiger partial charge in [-0.25, -0.2) is 9.18 Å². The number of carbonyl (C=O) groups excluding carboxylic acids is 2. The Kier molecular flexibility index (Phi) is 8.02. The fraction of sp³-hybridized carbons (Fsp3) is 0.280. The van der Waals surface area contributed by atoms with Gasteiger partial charge < -0.3 is 19.7 Å². The number of aromatic nitrogens is 1. The standard InChI is InChI=1S/C25H29FN4O2/c1-3-15-29(25(32)27-23-14-8-7-13-22(23)26)19-24(31)30(17-20-10-5-4-6-11-20)18-21-12-9-16-28(21)2/h4-14,16H,3,15,17-19H2,1-2H3,(H,27,32). The van der Waals surface area contributed by atoms with Crippen molar-refractivity contribution >= 4 is 17.6 Å². The van der Waals surface area contributed by atoms with Crippen molar-refractivity contribution in [3.8, 4) is 0 Å². The summed E-state index contributed by atoms with van der Waals surface area (Å²) in [6.45, 7) is 3.08. The number of aryl methyl sites for hydroxylation is 1. The summed E-state index contributed by atoms with van der Waals surface area (Å²) in [4.78, 5) is 29.3. The zero-order valence-corrected chi connectivity index (χ0v) is 18.5. The van der Waals surface area contributed by atoms with Crippen LogP contribution in [0.3, 0.4) is 0 Å². The number of halogens is 1. The van der Waals surface area contributed by atoms with E-state index in [-0.39, 0.29) is 18.1 Å². The molecule has 0 aliphatic carbocycles. The van der Waals surface area contributed by atoms with Crippen molar-refractivity contribution in [3.05, 3.63) is 90.0 Å². The van der Waals surface area contributed by atoms with E-state index in [0.717, 1.165) is 11.3 Å². The third kappa shape index (κ3) is 6.20. The van der Waals surface area contributed by atoms with Crippen LogP contribution < -0.4 is 5.32 Å². The summed E-state index contributed by atoms with van der Waals surface area (Å²) in [5, 5.41) is 2.58. The maximum Gasteiger partial charge on any atom is 0.322 e. The van der Waals surface area contributed by atoms with Crippen LogP contribution in [0.5, 0.6) is 0 Å². The predicted molar refractivity (Wildman–Crippen MR) is 123 cm³/mol. The number of para-hydroxylation sites is 1. The highest BCUT2D eigenvalue weighted by molar-refractivity contribution is 5.92. The van der Waals surface area contributed by atoms with E-state index in [9.17, 15) is 14.0 Å². The number of nitrogens with zero attached hydrogens (tertiary/aromatic N) is 3. The van der Waals surface area contributed by atoms with Gasteiger partial charge in [0, 0.05) is 32.0 Å². The van der Waals surface area contributed by atoms with Gasteiger partial charge in [-0.3, -0.25) is 4.79 Å². The van der Waals surface area contributed by atoms with Crippen molar-refractivity contribution in [1.29, 1.82) is 0 Å². The molecular formula is C25H29FN4O2. The van der Waals surface area contributed by atoms with Crippen LogP contribution in [-0.4, -0.2) is 39.4 Å². The Morgan fingerprint density at radius 1 is 0.938 bits per heavy atom. The summed E-state index contributed by atoms with van der Waals surface area (Å²) < 4.78 is 15.9. The van der Waals surface area contributed by atoms with E-state index >= 15 is 0 Å². The summed E-state index contributed by atoms with van der Waals surface area (Å²) in [6.07, 6.45) is 2.61. The lowest BCUT2D eigenvalue weighted by Crippen LogP contribution is -2.44. The van der Waals surface area contributed by atoms with E-state index < -0.39 is 11.8 Å². The fourth-order valence-electron chi connectivity index (χ4n) is 3.43. The minimum Gasteiger partial charge on any atom is -0.353 e. The van der Waals surface area contributed by atoms with Crippen molar-refractivity contribution in [2.75, 3.05) is 18.4 Å². The van der Waals surface area contributed by atoms with Crippen LogP contribution in [0.1, 0.15) is 24.6 Å². The molecule has 6 nitrogen and oxygen atoms in total. The molecule has 0 bridgehead atoms. The van der Waals surface area contributed by atoms with Crippen LogP contribution in [0.25, 0.3) is 0 Å². The highest BCUT2D eigenvalue weighted by atomic mass is 19.1. The van der Waals surface area contributed by atoms with Gasteiger partial charge in [0.1, 0.15) is 12.4 Å². The van der Waals surface area contributed by atoms with Gasteiger partial charge in [-0.1, -0.05) is 49.4 Å². The number of urea groups is 1. The number of nitrogens with one attached hydrogen (secondary N) is 1. The molecule has 168 valence electrons. The molecule has 32 heavy (non-hydrogen) atoms. The molecule has 0 saturated heterocycles. The largest absolute Gasteiger partial charge is 0.353 e. The molecule has 0 radical (unpaired) electrons. The molecule has 3 aromatic rings. The number of rotatable bonds is 9. The Morgan fingerprint density at radius 2 is 1.66 bits per heavy atom. The second kappa shape index (κ2) is 11.1. The third-order valence-electron chi connectivity index (χ3n) is 5.20. The Labute approximate surface area is 188 Å². The normalized spacial score (nSPS) is 10.6. The number of hydrogen-bond donors (Lipinski definition) is 1. The highest BCUT2D eigenvalue weighted by Crippen LogP contribution is 2.15. The second-order valence-electron chi connectivity index (χ2n) is 7.68. The first-order chi connectivity index (χ1) is 15.5. The first kappa shape index (κ1) is 23.1. The number of hydrogen-bond acceptors (Lipinski definition) is 2. The average molecular weight is 437 g/mol. The lowest BCUT2D eigenvalue weighted by molar-refractivity contribution is -0.133. The summed E-state index contributed by atoms with van der Waals surface area (Å²) in [5.74, 6) is -0.690. The maximum absolute atomic E-state index is 14.0. The topological polar surface area (TPSA) is 57.6 Å². The minimum absolute atomic E-state index is 0.0919. The summed E-state index contributed by atoms with van der Waals surface area (Å²) in [7, 11) is 1.94. The third-order valence-corrected chi connectivity index (χ3v) is 5.20. The first-order valence-electron chi connectivity index (χ1n) is 10.7. The quantitative estimate of drug-likeness (QED) is 0.531. The molecule has 3 rings (SSSR count). The van der Waals surface area contributed by atoms with E-state index in [0.29, 0.717) is 26.1 Å². The number of carbonyl (C=O) groups is 2. The van der Waals surface area contributed by atoms with Gasteiger partial charge in [0.25, 0.3) is 0 Å². The number of amides is 3. The van der Waals surface area contributed by atoms with E-state index in [1.165, 1.54) is 17.0 Å².